The maximum atomic E-state index is 13.3. The number of anilines is 1. The quantitative estimate of drug-likeness (QED) is 0.444. The first-order valence-corrected chi connectivity index (χ1v) is 10.9. The number of hydrogen-bond donors (Lipinski definition) is 0. The fraction of sp³-hybridized carbons (Fsp3) is 0.120. The predicted octanol–water partition coefficient (Wildman–Crippen LogP) is 5.25. The summed E-state index contributed by atoms with van der Waals surface area (Å²) in [6, 6.07) is 24.6. The van der Waals surface area contributed by atoms with Crippen LogP contribution in [0.3, 0.4) is 0 Å². The molecule has 0 bridgehead atoms. The average Bonchev–Trinajstić information content (AvgIpc) is 3.21. The Balaban J connectivity index is 1.64. The van der Waals surface area contributed by atoms with E-state index >= 15 is 0 Å². The highest BCUT2D eigenvalue weighted by molar-refractivity contribution is 8.00. The van der Waals surface area contributed by atoms with Gasteiger partial charge < -0.3 is 9.15 Å². The Hall–Kier alpha value is -3.51. The second kappa shape index (κ2) is 7.96. The van der Waals surface area contributed by atoms with Gasteiger partial charge in [-0.25, -0.2) is 0 Å². The van der Waals surface area contributed by atoms with E-state index in [1.54, 1.807) is 28.8 Å². The molecule has 6 heteroatoms. The molecule has 1 unspecified atom stereocenters. The summed E-state index contributed by atoms with van der Waals surface area (Å²) in [7, 11) is 1.46. The van der Waals surface area contributed by atoms with E-state index in [2.05, 4.69) is 0 Å². The number of thioether (sulfide) groups is 1. The van der Waals surface area contributed by atoms with Crippen LogP contribution in [0.2, 0.25) is 0 Å². The van der Waals surface area contributed by atoms with Crippen LogP contribution in [0.15, 0.2) is 88.1 Å². The molecule has 154 valence electrons. The molecule has 5 rings (SSSR count). The van der Waals surface area contributed by atoms with Crippen molar-refractivity contribution in [2.75, 3.05) is 17.8 Å². The Kier molecular flexibility index (Phi) is 5.00. The molecule has 0 radical (unpaired) electrons. The minimum Gasteiger partial charge on any atom is -0.490 e. The van der Waals surface area contributed by atoms with Gasteiger partial charge in [0, 0.05) is 11.3 Å². The van der Waals surface area contributed by atoms with Crippen molar-refractivity contribution in [1.82, 2.24) is 0 Å². The number of carbonyl (C=O) groups is 1. The second-order valence-electron chi connectivity index (χ2n) is 7.18. The van der Waals surface area contributed by atoms with E-state index in [1.165, 1.54) is 7.11 Å². The van der Waals surface area contributed by atoms with Gasteiger partial charge in [0.15, 0.2) is 5.76 Å². The van der Waals surface area contributed by atoms with Crippen molar-refractivity contribution in [3.8, 4) is 17.1 Å². The third kappa shape index (κ3) is 3.39. The Morgan fingerprint density at radius 1 is 0.968 bits per heavy atom. The number of carbonyl (C=O) groups excluding carboxylic acids is 1. The van der Waals surface area contributed by atoms with Gasteiger partial charge in [-0.2, -0.15) is 0 Å². The maximum absolute atomic E-state index is 13.3. The van der Waals surface area contributed by atoms with Crippen molar-refractivity contribution >= 4 is 34.3 Å². The number of amides is 1. The molecule has 1 amide bonds. The first-order valence-electron chi connectivity index (χ1n) is 9.86. The standard InChI is InChI=1S/C25H19NO4S/c1-29-24-22(28)19-14-18(12-13-20(19)30-23(24)16-8-4-2-5-9-16)26-21(27)15-31-25(26)17-10-6-3-7-11-17/h2-14,25H,15H2,1H3. The SMILES string of the molecule is COc1c(-c2ccccc2)oc2ccc(N3C(=O)CSC3c3ccccc3)cc2c1=O. The molecule has 1 saturated heterocycles. The van der Waals surface area contributed by atoms with Crippen LogP contribution in [-0.2, 0) is 4.79 Å². The summed E-state index contributed by atoms with van der Waals surface area (Å²) in [6.07, 6.45) is 0. The summed E-state index contributed by atoms with van der Waals surface area (Å²) >= 11 is 1.57. The van der Waals surface area contributed by atoms with E-state index in [1.807, 2.05) is 66.7 Å². The van der Waals surface area contributed by atoms with Gasteiger partial charge in [-0.1, -0.05) is 60.7 Å². The Labute approximate surface area is 183 Å². The first kappa shape index (κ1) is 19.5. The van der Waals surface area contributed by atoms with E-state index in [9.17, 15) is 9.59 Å². The van der Waals surface area contributed by atoms with Gasteiger partial charge in [0.1, 0.15) is 11.0 Å². The minimum atomic E-state index is -0.264. The van der Waals surface area contributed by atoms with Gasteiger partial charge in [-0.3, -0.25) is 14.5 Å². The summed E-state index contributed by atoms with van der Waals surface area (Å²) in [5.41, 5.74) is 2.65. The topological polar surface area (TPSA) is 59.8 Å². The third-order valence-electron chi connectivity index (χ3n) is 5.30. The average molecular weight is 429 g/mol. The van der Waals surface area contributed by atoms with Crippen molar-refractivity contribution < 1.29 is 13.9 Å². The van der Waals surface area contributed by atoms with E-state index in [-0.39, 0.29) is 22.5 Å². The Morgan fingerprint density at radius 2 is 1.68 bits per heavy atom. The molecule has 2 heterocycles. The fourth-order valence-electron chi connectivity index (χ4n) is 3.85. The molecule has 1 aliphatic rings. The molecule has 0 spiro atoms. The minimum absolute atomic E-state index is 0.00969. The molecule has 0 aliphatic carbocycles. The number of nitrogens with zero attached hydrogens (tertiary/aromatic N) is 1. The number of rotatable bonds is 4. The number of ether oxygens (including phenoxy) is 1. The number of fused-ring (bicyclic) bond motifs is 1. The van der Waals surface area contributed by atoms with Gasteiger partial charge in [0.05, 0.1) is 18.2 Å². The predicted molar refractivity (Wildman–Crippen MR) is 124 cm³/mol. The molecule has 31 heavy (non-hydrogen) atoms. The molecular weight excluding hydrogens is 410 g/mol. The lowest BCUT2D eigenvalue weighted by atomic mass is 10.1. The van der Waals surface area contributed by atoms with Gasteiger partial charge in [0.2, 0.25) is 17.1 Å². The molecule has 4 aromatic rings. The van der Waals surface area contributed by atoms with Crippen molar-refractivity contribution in [3.63, 3.8) is 0 Å². The first-order chi connectivity index (χ1) is 15.2. The molecule has 1 atom stereocenters. The van der Waals surface area contributed by atoms with Crippen LogP contribution in [0.25, 0.3) is 22.3 Å². The smallest absolute Gasteiger partial charge is 0.238 e. The third-order valence-corrected chi connectivity index (χ3v) is 6.52. The van der Waals surface area contributed by atoms with Crippen molar-refractivity contribution in [2.45, 2.75) is 5.37 Å². The highest BCUT2D eigenvalue weighted by Gasteiger charge is 2.34. The lowest BCUT2D eigenvalue weighted by Gasteiger charge is -2.24. The fourth-order valence-corrected chi connectivity index (χ4v) is 5.03. The monoisotopic (exact) mass is 429 g/mol. The van der Waals surface area contributed by atoms with E-state index in [0.29, 0.717) is 28.2 Å². The van der Waals surface area contributed by atoms with Gasteiger partial charge in [-0.05, 0) is 23.8 Å². The summed E-state index contributed by atoms with van der Waals surface area (Å²) in [4.78, 5) is 27.7. The van der Waals surface area contributed by atoms with Crippen LogP contribution in [0, 0.1) is 0 Å². The molecule has 0 N–H and O–H groups in total. The van der Waals surface area contributed by atoms with Gasteiger partial charge in [-0.15, -0.1) is 11.8 Å². The summed E-state index contributed by atoms with van der Waals surface area (Å²) in [5, 5.41) is 0.245. The molecule has 1 aromatic heterocycles. The molecule has 1 fully saturated rings. The van der Waals surface area contributed by atoms with Crippen LogP contribution < -0.4 is 15.1 Å². The lowest BCUT2D eigenvalue weighted by Crippen LogP contribution is -2.27. The molecule has 1 aliphatic heterocycles. The van der Waals surface area contributed by atoms with E-state index in [0.717, 1.165) is 11.1 Å². The van der Waals surface area contributed by atoms with Crippen LogP contribution in [0.4, 0.5) is 5.69 Å². The number of hydrogen-bond acceptors (Lipinski definition) is 5. The summed E-state index contributed by atoms with van der Waals surface area (Å²) in [6.45, 7) is 0. The second-order valence-corrected chi connectivity index (χ2v) is 8.25. The van der Waals surface area contributed by atoms with Crippen LogP contribution in [0.1, 0.15) is 10.9 Å². The van der Waals surface area contributed by atoms with Gasteiger partial charge >= 0.3 is 0 Å². The van der Waals surface area contributed by atoms with Crippen LogP contribution in [-0.4, -0.2) is 18.8 Å². The Morgan fingerprint density at radius 3 is 2.39 bits per heavy atom. The molecular formula is C25H19NO4S. The summed E-state index contributed by atoms with van der Waals surface area (Å²) in [5.74, 6) is 0.944. The molecule has 3 aromatic carbocycles. The normalized spacial score (nSPS) is 16.1. The Bertz CT molecular complexity index is 1320. The zero-order chi connectivity index (χ0) is 21.4. The van der Waals surface area contributed by atoms with Crippen molar-refractivity contribution in [3.05, 3.63) is 94.6 Å². The number of benzene rings is 3. The van der Waals surface area contributed by atoms with Crippen LogP contribution >= 0.6 is 11.8 Å². The zero-order valence-corrected chi connectivity index (χ0v) is 17.6. The van der Waals surface area contributed by atoms with E-state index in [4.69, 9.17) is 9.15 Å². The highest BCUT2D eigenvalue weighted by atomic mass is 32.2. The van der Waals surface area contributed by atoms with Crippen LogP contribution in [0.5, 0.6) is 5.75 Å². The zero-order valence-electron chi connectivity index (χ0n) is 16.8. The molecule has 5 nitrogen and oxygen atoms in total. The largest absolute Gasteiger partial charge is 0.490 e. The lowest BCUT2D eigenvalue weighted by molar-refractivity contribution is -0.115. The van der Waals surface area contributed by atoms with Crippen molar-refractivity contribution in [1.29, 1.82) is 0 Å². The molecule has 0 saturated carbocycles. The number of methoxy groups -OCH3 is 1. The highest BCUT2D eigenvalue weighted by Crippen LogP contribution is 2.42. The van der Waals surface area contributed by atoms with Gasteiger partial charge in [0.25, 0.3) is 0 Å². The summed E-state index contributed by atoms with van der Waals surface area (Å²) < 4.78 is 11.5. The van der Waals surface area contributed by atoms with Crippen molar-refractivity contribution in [2.24, 2.45) is 0 Å². The van der Waals surface area contributed by atoms with E-state index < -0.39 is 0 Å². The maximum Gasteiger partial charge on any atom is 0.238 e.